The van der Waals surface area contributed by atoms with Crippen molar-refractivity contribution in [3.8, 4) is 11.5 Å². The zero-order chi connectivity index (χ0) is 25.0. The van der Waals surface area contributed by atoms with Crippen LogP contribution in [0.4, 0.5) is 0 Å². The highest BCUT2D eigenvalue weighted by molar-refractivity contribution is 5.99. The summed E-state index contributed by atoms with van der Waals surface area (Å²) < 4.78 is 32.6. The lowest BCUT2D eigenvalue weighted by atomic mass is 9.94. The topological polar surface area (TPSA) is 107 Å². The molecule has 1 atom stereocenters. The maximum Gasteiger partial charge on any atom is 0.342 e. The molecule has 0 saturated carbocycles. The van der Waals surface area contributed by atoms with Crippen LogP contribution >= 0.6 is 0 Å². The number of hydrogen-bond acceptors (Lipinski definition) is 9. The molecule has 0 radical (unpaired) electrons. The molecule has 9 nitrogen and oxygen atoms in total. The number of esters is 3. The molecule has 0 spiro atoms. The Morgan fingerprint density at radius 1 is 1.18 bits per heavy atom. The van der Waals surface area contributed by atoms with E-state index in [0.717, 1.165) is 11.1 Å². The lowest BCUT2D eigenvalue weighted by Crippen LogP contribution is -2.25. The average molecular weight is 477 g/mol. The molecule has 1 saturated heterocycles. The van der Waals surface area contributed by atoms with Gasteiger partial charge in [-0.3, -0.25) is 9.59 Å². The largest absolute Gasteiger partial charge is 0.496 e. The van der Waals surface area contributed by atoms with Gasteiger partial charge >= 0.3 is 17.9 Å². The van der Waals surface area contributed by atoms with E-state index in [9.17, 15) is 14.4 Å². The normalized spacial score (nSPS) is 18.9. The Hall–Kier alpha value is -2.91. The van der Waals surface area contributed by atoms with Crippen LogP contribution < -0.4 is 9.47 Å². The van der Waals surface area contributed by atoms with Gasteiger partial charge in [-0.2, -0.15) is 0 Å². The first-order chi connectivity index (χ1) is 16.0. The molecule has 0 amide bonds. The maximum absolute atomic E-state index is 12.3. The summed E-state index contributed by atoms with van der Waals surface area (Å²) in [5.74, 6) is -1.35. The average Bonchev–Trinajstić information content (AvgIpc) is 3.33. The fraction of sp³-hybridized carbons (Fsp3) is 0.560. The van der Waals surface area contributed by atoms with Gasteiger partial charge in [0.25, 0.3) is 0 Å². The van der Waals surface area contributed by atoms with Gasteiger partial charge in [-0.25, -0.2) is 4.79 Å². The fourth-order valence-electron chi connectivity index (χ4n) is 4.05. The number of cyclic esters (lactones) is 1. The maximum atomic E-state index is 12.3. The molecule has 1 aromatic carbocycles. The Labute approximate surface area is 199 Å². The van der Waals surface area contributed by atoms with Crippen molar-refractivity contribution in [3.05, 3.63) is 33.9 Å². The summed E-state index contributed by atoms with van der Waals surface area (Å²) in [7, 11) is 1.53. The SMILES string of the molecule is COc1c(C)c2c(c(OC(C)=O)c1C/C=C(\C)CCC(=O)OCC1COC(C)(C)O1)C(=O)OC2. The Morgan fingerprint density at radius 2 is 1.91 bits per heavy atom. The molecule has 3 rings (SSSR count). The van der Waals surface area contributed by atoms with Crippen LogP contribution in [0.25, 0.3) is 0 Å². The van der Waals surface area contributed by atoms with Gasteiger partial charge in [0.2, 0.25) is 0 Å². The van der Waals surface area contributed by atoms with E-state index in [1.165, 1.54) is 14.0 Å². The number of ether oxygens (including phenoxy) is 6. The standard InChI is InChI=1S/C25H32O9/c1-14(8-10-20(27)30-11-17-12-32-25(4,5)34-17)7-9-18-22(29-6)15(2)19-13-31-24(28)21(19)23(18)33-16(3)26/h7,17H,8-13H2,1-6H3/b14-7+. The molecular formula is C25H32O9. The van der Waals surface area contributed by atoms with Crippen LogP contribution in [0.3, 0.4) is 0 Å². The molecular weight excluding hydrogens is 444 g/mol. The first-order valence-corrected chi connectivity index (χ1v) is 11.2. The molecule has 2 aliphatic rings. The fourth-order valence-corrected chi connectivity index (χ4v) is 4.05. The van der Waals surface area contributed by atoms with Gasteiger partial charge in [-0.1, -0.05) is 11.6 Å². The molecule has 0 aromatic heterocycles. The van der Waals surface area contributed by atoms with E-state index in [0.29, 0.717) is 36.3 Å². The highest BCUT2D eigenvalue weighted by Crippen LogP contribution is 2.43. The Balaban J connectivity index is 1.67. The van der Waals surface area contributed by atoms with E-state index < -0.39 is 17.7 Å². The minimum Gasteiger partial charge on any atom is -0.496 e. The zero-order valence-corrected chi connectivity index (χ0v) is 20.6. The molecule has 0 bridgehead atoms. The molecule has 1 aromatic rings. The molecule has 0 N–H and O–H groups in total. The third kappa shape index (κ3) is 5.95. The summed E-state index contributed by atoms with van der Waals surface area (Å²) >= 11 is 0. The van der Waals surface area contributed by atoms with Crippen molar-refractivity contribution in [2.24, 2.45) is 0 Å². The van der Waals surface area contributed by atoms with Crippen LogP contribution in [0.2, 0.25) is 0 Å². The van der Waals surface area contributed by atoms with E-state index in [1.54, 1.807) is 0 Å². The van der Waals surface area contributed by atoms with Crippen molar-refractivity contribution < 1.29 is 42.8 Å². The minimum atomic E-state index is -0.658. The summed E-state index contributed by atoms with van der Waals surface area (Å²) in [6, 6.07) is 0. The van der Waals surface area contributed by atoms with Crippen molar-refractivity contribution in [2.75, 3.05) is 20.3 Å². The van der Waals surface area contributed by atoms with Crippen LogP contribution in [0.5, 0.6) is 11.5 Å². The van der Waals surface area contributed by atoms with Gasteiger partial charge in [0.1, 0.15) is 30.6 Å². The van der Waals surface area contributed by atoms with Crippen molar-refractivity contribution >= 4 is 17.9 Å². The predicted molar refractivity (Wildman–Crippen MR) is 121 cm³/mol. The second-order valence-electron chi connectivity index (χ2n) is 8.88. The van der Waals surface area contributed by atoms with Gasteiger partial charge in [-0.05, 0) is 46.1 Å². The highest BCUT2D eigenvalue weighted by atomic mass is 16.7. The lowest BCUT2D eigenvalue weighted by Gasteiger charge is -2.18. The van der Waals surface area contributed by atoms with Gasteiger partial charge in [0.15, 0.2) is 11.5 Å². The second-order valence-corrected chi connectivity index (χ2v) is 8.88. The summed E-state index contributed by atoms with van der Waals surface area (Å²) in [5, 5.41) is 0. The van der Waals surface area contributed by atoms with Crippen LogP contribution in [-0.2, 0) is 41.6 Å². The number of rotatable bonds is 9. The lowest BCUT2D eigenvalue weighted by molar-refractivity contribution is -0.158. The van der Waals surface area contributed by atoms with Crippen molar-refractivity contribution in [1.82, 2.24) is 0 Å². The molecule has 186 valence electrons. The second kappa shape index (κ2) is 10.6. The minimum absolute atomic E-state index is 0.109. The zero-order valence-electron chi connectivity index (χ0n) is 20.6. The molecule has 1 unspecified atom stereocenters. The first kappa shape index (κ1) is 25.7. The van der Waals surface area contributed by atoms with E-state index in [4.69, 9.17) is 28.4 Å². The van der Waals surface area contributed by atoms with E-state index >= 15 is 0 Å². The van der Waals surface area contributed by atoms with Crippen molar-refractivity contribution in [2.45, 2.75) is 72.4 Å². The van der Waals surface area contributed by atoms with Gasteiger partial charge in [0.05, 0.1) is 13.7 Å². The highest BCUT2D eigenvalue weighted by Gasteiger charge is 2.34. The van der Waals surface area contributed by atoms with E-state index in [-0.39, 0.29) is 43.0 Å². The molecule has 34 heavy (non-hydrogen) atoms. The van der Waals surface area contributed by atoms with E-state index in [1.807, 2.05) is 33.8 Å². The Morgan fingerprint density at radius 3 is 2.53 bits per heavy atom. The molecule has 9 heteroatoms. The van der Waals surface area contributed by atoms with Crippen molar-refractivity contribution in [1.29, 1.82) is 0 Å². The Kier molecular flexibility index (Phi) is 7.99. The monoisotopic (exact) mass is 476 g/mol. The Bertz CT molecular complexity index is 1010. The predicted octanol–water partition coefficient (Wildman–Crippen LogP) is 3.56. The molecule has 0 aliphatic carbocycles. The summed E-state index contributed by atoms with van der Waals surface area (Å²) in [6.07, 6.45) is 2.70. The molecule has 2 aliphatic heterocycles. The number of benzene rings is 1. The third-order valence-electron chi connectivity index (χ3n) is 5.75. The van der Waals surface area contributed by atoms with Crippen LogP contribution in [0.1, 0.15) is 67.6 Å². The van der Waals surface area contributed by atoms with Gasteiger partial charge < -0.3 is 28.4 Å². The number of allylic oxidation sites excluding steroid dienone is 2. The van der Waals surface area contributed by atoms with Crippen LogP contribution in [0.15, 0.2) is 11.6 Å². The van der Waals surface area contributed by atoms with Crippen LogP contribution in [0, 0.1) is 6.92 Å². The third-order valence-corrected chi connectivity index (χ3v) is 5.75. The summed E-state index contributed by atoms with van der Waals surface area (Å²) in [6.45, 7) is 9.30. The number of carbonyl (C=O) groups excluding carboxylic acids is 3. The van der Waals surface area contributed by atoms with Crippen molar-refractivity contribution in [3.63, 3.8) is 0 Å². The van der Waals surface area contributed by atoms with E-state index in [2.05, 4.69) is 0 Å². The van der Waals surface area contributed by atoms with Gasteiger partial charge in [0, 0.05) is 24.5 Å². The number of carbonyl (C=O) groups is 3. The van der Waals surface area contributed by atoms with Gasteiger partial charge in [-0.15, -0.1) is 0 Å². The number of methoxy groups -OCH3 is 1. The molecule has 1 fully saturated rings. The smallest absolute Gasteiger partial charge is 0.342 e. The quantitative estimate of drug-likeness (QED) is 0.300. The number of hydrogen-bond donors (Lipinski definition) is 0. The van der Waals surface area contributed by atoms with Crippen LogP contribution in [-0.4, -0.2) is 50.1 Å². The summed E-state index contributed by atoms with van der Waals surface area (Å²) in [4.78, 5) is 36.3. The summed E-state index contributed by atoms with van der Waals surface area (Å²) in [5.41, 5.74) is 3.21. The first-order valence-electron chi connectivity index (χ1n) is 11.2. The number of fused-ring (bicyclic) bond motifs is 1. The molecule has 2 heterocycles.